The molecule has 1 aliphatic heterocycles. The number of amidine groups is 1. The molecule has 2 aromatic rings. The highest BCUT2D eigenvalue weighted by atomic mass is 32.2. The number of halogens is 3. The second-order valence-electron chi connectivity index (χ2n) is 6.82. The summed E-state index contributed by atoms with van der Waals surface area (Å²) in [6.07, 6.45) is -4.56. The fourth-order valence-corrected chi connectivity index (χ4v) is 3.86. The largest absolute Gasteiger partial charge is 0.408 e. The van der Waals surface area contributed by atoms with Crippen molar-refractivity contribution >= 4 is 22.8 Å². The molecule has 3 rings (SSSR count). The van der Waals surface area contributed by atoms with Crippen LogP contribution in [0, 0.1) is 0 Å². The minimum Gasteiger partial charge on any atom is -0.353 e. The van der Waals surface area contributed by atoms with Crippen molar-refractivity contribution in [2.24, 2.45) is 4.99 Å². The van der Waals surface area contributed by atoms with Crippen molar-refractivity contribution in [2.45, 2.75) is 37.6 Å². The van der Waals surface area contributed by atoms with E-state index >= 15 is 0 Å². The highest BCUT2D eigenvalue weighted by molar-refractivity contribution is 8.14. The van der Waals surface area contributed by atoms with Crippen molar-refractivity contribution in [3.05, 3.63) is 71.8 Å². The molecule has 1 heterocycles. The number of aliphatic imine (C=N–C) groups is 1. The monoisotopic (exact) mass is 421 g/mol. The first kappa shape index (κ1) is 21.2. The van der Waals surface area contributed by atoms with Gasteiger partial charge in [0, 0.05) is 6.42 Å². The topological polar surface area (TPSA) is 53.5 Å². The van der Waals surface area contributed by atoms with Gasteiger partial charge in [-0.15, -0.1) is 0 Å². The molecule has 0 radical (unpaired) electrons. The van der Waals surface area contributed by atoms with Crippen LogP contribution in [0.3, 0.4) is 0 Å². The standard InChI is InChI=1S/C21H22F3N3OS/c1-14(15-8-4-2-5-9-15)25-19(28)13-29-20-26-17(16-10-6-3-7-11-16)12-18(27-20)21(22,23)24/h2-11,14,17-18H,12-13H2,1H3,(H,25,28)(H,26,27). The van der Waals surface area contributed by atoms with Gasteiger partial charge in [-0.1, -0.05) is 72.4 Å². The number of hydrogen-bond donors (Lipinski definition) is 2. The van der Waals surface area contributed by atoms with E-state index in [1.165, 1.54) is 0 Å². The first-order valence-electron chi connectivity index (χ1n) is 9.26. The predicted molar refractivity (Wildman–Crippen MR) is 110 cm³/mol. The number of hydrogen-bond acceptors (Lipinski definition) is 4. The fourth-order valence-electron chi connectivity index (χ4n) is 3.09. The number of carbonyl (C=O) groups is 1. The molecule has 154 valence electrons. The first-order chi connectivity index (χ1) is 13.8. The molecule has 0 spiro atoms. The summed E-state index contributed by atoms with van der Waals surface area (Å²) >= 11 is 0.988. The molecule has 0 fully saturated rings. The normalized spacial score (nSPS) is 20.3. The Morgan fingerprint density at radius 2 is 1.79 bits per heavy atom. The lowest BCUT2D eigenvalue weighted by atomic mass is 9.98. The molecule has 3 unspecified atom stereocenters. The van der Waals surface area contributed by atoms with Crippen molar-refractivity contribution in [3.8, 4) is 0 Å². The molecule has 1 amide bonds. The molecule has 8 heteroatoms. The second kappa shape index (κ2) is 9.35. The average molecular weight is 421 g/mol. The summed E-state index contributed by atoms with van der Waals surface area (Å²) in [7, 11) is 0. The van der Waals surface area contributed by atoms with Gasteiger partial charge in [-0.05, 0) is 18.1 Å². The number of nitrogens with zero attached hydrogens (tertiary/aromatic N) is 1. The number of alkyl halides is 3. The van der Waals surface area contributed by atoms with Crippen molar-refractivity contribution in [3.63, 3.8) is 0 Å². The zero-order valence-corrected chi connectivity index (χ0v) is 16.6. The number of amides is 1. The van der Waals surface area contributed by atoms with Crippen molar-refractivity contribution in [1.29, 1.82) is 0 Å². The summed E-state index contributed by atoms with van der Waals surface area (Å²) < 4.78 is 40.1. The van der Waals surface area contributed by atoms with Gasteiger partial charge in [0.15, 0.2) is 5.17 Å². The van der Waals surface area contributed by atoms with Crippen molar-refractivity contribution < 1.29 is 18.0 Å². The summed E-state index contributed by atoms with van der Waals surface area (Å²) in [5.74, 6) is -0.281. The van der Waals surface area contributed by atoms with Crippen LogP contribution in [0.1, 0.15) is 36.6 Å². The molecule has 2 aromatic carbocycles. The third-order valence-electron chi connectivity index (χ3n) is 4.63. The van der Waals surface area contributed by atoms with Crippen LogP contribution in [0.5, 0.6) is 0 Å². The molecule has 0 bridgehead atoms. The molecule has 0 aromatic heterocycles. The zero-order chi connectivity index (χ0) is 20.9. The van der Waals surface area contributed by atoms with Crippen LogP contribution in [-0.4, -0.2) is 29.0 Å². The summed E-state index contributed by atoms with van der Waals surface area (Å²) in [6, 6.07) is 15.9. The maximum absolute atomic E-state index is 13.4. The SMILES string of the molecule is CC(NC(=O)CSC1=NC(c2ccccc2)CC(C(F)(F)F)N1)c1ccccc1. The van der Waals surface area contributed by atoms with Gasteiger partial charge in [-0.25, -0.2) is 0 Å². The van der Waals surface area contributed by atoms with Gasteiger partial charge in [0.2, 0.25) is 5.91 Å². The number of thioether (sulfide) groups is 1. The van der Waals surface area contributed by atoms with E-state index in [0.29, 0.717) is 0 Å². The van der Waals surface area contributed by atoms with Crippen LogP contribution >= 0.6 is 11.8 Å². The number of rotatable bonds is 5. The number of benzene rings is 2. The molecule has 4 nitrogen and oxygen atoms in total. The minimum absolute atomic E-state index is 0.0188. The van der Waals surface area contributed by atoms with E-state index in [0.717, 1.165) is 22.9 Å². The molecule has 0 saturated carbocycles. The van der Waals surface area contributed by atoms with Crippen LogP contribution < -0.4 is 10.6 Å². The van der Waals surface area contributed by atoms with E-state index in [2.05, 4.69) is 15.6 Å². The third-order valence-corrected chi connectivity index (χ3v) is 5.53. The lowest BCUT2D eigenvalue weighted by Gasteiger charge is -2.31. The second-order valence-corrected chi connectivity index (χ2v) is 7.79. The third kappa shape index (κ3) is 6.00. The maximum atomic E-state index is 13.4. The molecule has 1 aliphatic rings. The Balaban J connectivity index is 1.64. The van der Waals surface area contributed by atoms with Crippen molar-refractivity contribution in [2.75, 3.05) is 5.75 Å². The van der Waals surface area contributed by atoms with E-state index in [1.807, 2.05) is 43.3 Å². The summed E-state index contributed by atoms with van der Waals surface area (Å²) in [4.78, 5) is 16.7. The Bertz CT molecular complexity index is 843. The average Bonchev–Trinajstić information content (AvgIpc) is 2.72. The quantitative estimate of drug-likeness (QED) is 0.741. The highest BCUT2D eigenvalue weighted by Crippen LogP contribution is 2.34. The van der Waals surface area contributed by atoms with Gasteiger partial charge < -0.3 is 10.6 Å². The molecule has 0 aliphatic carbocycles. The fraction of sp³-hybridized carbons (Fsp3) is 0.333. The minimum atomic E-state index is -4.39. The van der Waals surface area contributed by atoms with Gasteiger partial charge in [0.25, 0.3) is 0 Å². The van der Waals surface area contributed by atoms with Crippen LogP contribution in [0.2, 0.25) is 0 Å². The van der Waals surface area contributed by atoms with Crippen LogP contribution in [0.25, 0.3) is 0 Å². The molecule has 29 heavy (non-hydrogen) atoms. The Hall–Kier alpha value is -2.48. The highest BCUT2D eigenvalue weighted by Gasteiger charge is 2.43. The van der Waals surface area contributed by atoms with E-state index < -0.39 is 18.3 Å². The molecular weight excluding hydrogens is 399 g/mol. The Labute approximate surface area is 172 Å². The smallest absolute Gasteiger partial charge is 0.353 e. The van der Waals surface area contributed by atoms with Crippen LogP contribution in [0.15, 0.2) is 65.7 Å². The molecule has 3 atom stereocenters. The Kier molecular flexibility index (Phi) is 6.84. The molecule has 0 saturated heterocycles. The summed E-state index contributed by atoms with van der Waals surface area (Å²) in [5.41, 5.74) is 1.68. The van der Waals surface area contributed by atoms with Gasteiger partial charge in [0.1, 0.15) is 6.04 Å². The van der Waals surface area contributed by atoms with E-state index in [-0.39, 0.29) is 29.3 Å². The summed E-state index contributed by atoms with van der Waals surface area (Å²) in [5, 5.41) is 5.43. The van der Waals surface area contributed by atoms with E-state index in [4.69, 9.17) is 0 Å². The van der Waals surface area contributed by atoms with Crippen LogP contribution in [-0.2, 0) is 4.79 Å². The van der Waals surface area contributed by atoms with Crippen molar-refractivity contribution in [1.82, 2.24) is 10.6 Å². The van der Waals surface area contributed by atoms with Gasteiger partial charge >= 0.3 is 6.18 Å². The Morgan fingerprint density at radius 3 is 2.41 bits per heavy atom. The molecular formula is C21H22F3N3OS. The van der Waals surface area contributed by atoms with E-state index in [9.17, 15) is 18.0 Å². The lowest BCUT2D eigenvalue weighted by molar-refractivity contribution is -0.155. The van der Waals surface area contributed by atoms with E-state index in [1.54, 1.807) is 24.3 Å². The van der Waals surface area contributed by atoms with Gasteiger partial charge in [0.05, 0.1) is 17.8 Å². The zero-order valence-electron chi connectivity index (χ0n) is 15.8. The summed E-state index contributed by atoms with van der Waals surface area (Å²) in [6.45, 7) is 1.86. The number of nitrogens with one attached hydrogen (secondary N) is 2. The first-order valence-corrected chi connectivity index (χ1v) is 10.2. The van der Waals surface area contributed by atoms with Gasteiger partial charge in [-0.2, -0.15) is 13.2 Å². The predicted octanol–water partition coefficient (Wildman–Crippen LogP) is 4.62. The van der Waals surface area contributed by atoms with Crippen LogP contribution in [0.4, 0.5) is 13.2 Å². The lowest BCUT2D eigenvalue weighted by Crippen LogP contribution is -2.48. The maximum Gasteiger partial charge on any atom is 0.408 e. The van der Waals surface area contributed by atoms with Gasteiger partial charge in [-0.3, -0.25) is 9.79 Å². The number of carbonyl (C=O) groups excluding carboxylic acids is 1. The Morgan fingerprint density at radius 1 is 1.17 bits per heavy atom. The molecule has 2 N–H and O–H groups in total.